The average Bonchev–Trinajstić information content (AvgIpc) is 3.37. The lowest BCUT2D eigenvalue weighted by atomic mass is 9.98. The molecule has 35 heavy (non-hydrogen) atoms. The second-order valence-corrected chi connectivity index (χ2v) is 8.39. The molecule has 0 bridgehead atoms. The Kier molecular flexibility index (Phi) is 7.09. The molecule has 0 aliphatic carbocycles. The highest BCUT2D eigenvalue weighted by Crippen LogP contribution is 2.32. The zero-order valence-corrected chi connectivity index (χ0v) is 19.9. The van der Waals surface area contributed by atoms with Gasteiger partial charge in [0.2, 0.25) is 0 Å². The summed E-state index contributed by atoms with van der Waals surface area (Å²) in [5.74, 6) is 2.60. The van der Waals surface area contributed by atoms with Crippen LogP contribution in [0.2, 0.25) is 5.02 Å². The van der Waals surface area contributed by atoms with Crippen molar-refractivity contribution in [2.45, 2.75) is 6.17 Å². The fraction of sp³-hybridized carbons (Fsp3) is 0.107. The number of terminal acetylenes is 1. The Hall–Kier alpha value is -4.21. The van der Waals surface area contributed by atoms with Gasteiger partial charge in [0.05, 0.1) is 23.7 Å². The number of hydrogen-bond donors (Lipinski definition) is 0. The number of alkyl halides is 1. The molecule has 3 aromatic heterocycles. The first-order valence-electron chi connectivity index (χ1n) is 10.8. The SMILES string of the molecule is C#Cc1cccc(-c2cc(=O)n(C)c3cnc(C(F)c4ccc(Cl)cc4)cc23)c1.Cn1ccnc1. The highest BCUT2D eigenvalue weighted by atomic mass is 35.5. The number of benzene rings is 2. The fourth-order valence-electron chi connectivity index (χ4n) is 3.65. The van der Waals surface area contributed by atoms with Gasteiger partial charge in [0.15, 0.2) is 6.17 Å². The highest BCUT2D eigenvalue weighted by Gasteiger charge is 2.17. The van der Waals surface area contributed by atoms with Crippen LogP contribution in [0.4, 0.5) is 4.39 Å². The Labute approximate surface area is 207 Å². The van der Waals surface area contributed by atoms with E-state index in [0.717, 1.165) is 10.9 Å². The van der Waals surface area contributed by atoms with E-state index < -0.39 is 6.17 Å². The fourth-order valence-corrected chi connectivity index (χ4v) is 3.77. The first kappa shape index (κ1) is 23.9. The summed E-state index contributed by atoms with van der Waals surface area (Å²) in [6.07, 6.45) is 11.0. The molecule has 0 fully saturated rings. The molecule has 0 saturated carbocycles. The average molecular weight is 485 g/mol. The molecule has 0 aliphatic heterocycles. The van der Waals surface area contributed by atoms with Gasteiger partial charge in [0, 0.05) is 48.5 Å². The minimum Gasteiger partial charge on any atom is -0.341 e. The van der Waals surface area contributed by atoms with E-state index in [0.29, 0.717) is 27.2 Å². The lowest BCUT2D eigenvalue weighted by Crippen LogP contribution is -2.17. The Balaban J connectivity index is 0.000000421. The summed E-state index contributed by atoms with van der Waals surface area (Å²) >= 11 is 5.90. The molecule has 0 aliphatic rings. The minimum atomic E-state index is -1.42. The number of nitrogens with zero attached hydrogens (tertiary/aromatic N) is 4. The lowest BCUT2D eigenvalue weighted by Gasteiger charge is -2.14. The largest absolute Gasteiger partial charge is 0.341 e. The molecule has 1 atom stereocenters. The predicted octanol–water partition coefficient (Wildman–Crippen LogP) is 5.71. The molecule has 0 amide bonds. The summed E-state index contributed by atoms with van der Waals surface area (Å²) in [7, 11) is 3.60. The molecule has 1 unspecified atom stereocenters. The number of rotatable bonds is 3. The molecule has 5 rings (SSSR count). The number of aromatic nitrogens is 4. The van der Waals surface area contributed by atoms with E-state index in [2.05, 4.69) is 15.9 Å². The van der Waals surface area contributed by atoms with Crippen molar-refractivity contribution in [1.82, 2.24) is 19.1 Å². The van der Waals surface area contributed by atoms with Crippen molar-refractivity contribution in [3.05, 3.63) is 118 Å². The molecule has 5 nitrogen and oxygen atoms in total. The Bertz CT molecular complexity index is 1570. The molecule has 7 heteroatoms. The van der Waals surface area contributed by atoms with Gasteiger partial charge in [-0.15, -0.1) is 6.42 Å². The summed E-state index contributed by atoms with van der Waals surface area (Å²) in [6.45, 7) is 0. The van der Waals surface area contributed by atoms with Crippen LogP contribution in [0.25, 0.3) is 22.0 Å². The maximum Gasteiger partial charge on any atom is 0.251 e. The Morgan fingerprint density at radius 1 is 1.09 bits per heavy atom. The highest BCUT2D eigenvalue weighted by molar-refractivity contribution is 6.30. The number of aryl methyl sites for hydroxylation is 2. The summed E-state index contributed by atoms with van der Waals surface area (Å²) in [6, 6.07) is 17.1. The van der Waals surface area contributed by atoms with Crippen LogP contribution in [0.5, 0.6) is 0 Å². The minimum absolute atomic E-state index is 0.178. The summed E-state index contributed by atoms with van der Waals surface area (Å²) in [5, 5.41) is 1.26. The van der Waals surface area contributed by atoms with Crippen LogP contribution in [0, 0.1) is 12.3 Å². The van der Waals surface area contributed by atoms with Crippen LogP contribution in [-0.4, -0.2) is 19.1 Å². The number of fused-ring (bicyclic) bond motifs is 1. The van der Waals surface area contributed by atoms with Crippen LogP contribution in [0.1, 0.15) is 23.0 Å². The van der Waals surface area contributed by atoms with Crippen molar-refractivity contribution < 1.29 is 4.39 Å². The van der Waals surface area contributed by atoms with Gasteiger partial charge in [0.25, 0.3) is 5.56 Å². The zero-order valence-electron chi connectivity index (χ0n) is 19.2. The number of halogens is 2. The van der Waals surface area contributed by atoms with Crippen molar-refractivity contribution in [3.63, 3.8) is 0 Å². The number of imidazole rings is 1. The van der Waals surface area contributed by atoms with E-state index >= 15 is 4.39 Å². The standard InChI is InChI=1S/C24H16ClFN2O.C4H6N2/c1-3-15-5-4-6-17(11-15)19-13-23(29)28(2)22-14-27-21(12-20(19)22)24(26)16-7-9-18(25)10-8-16;1-6-3-2-5-4-6/h1,4-14,24H,2H3;2-4H,1H3. The molecule has 0 spiro atoms. The van der Waals surface area contributed by atoms with Crippen molar-refractivity contribution in [3.8, 4) is 23.5 Å². The number of pyridine rings is 2. The van der Waals surface area contributed by atoms with Crippen LogP contribution in [0.15, 0.2) is 90.4 Å². The molecule has 5 aromatic rings. The van der Waals surface area contributed by atoms with Crippen molar-refractivity contribution >= 4 is 22.5 Å². The Morgan fingerprint density at radius 2 is 1.86 bits per heavy atom. The normalized spacial score (nSPS) is 11.4. The van der Waals surface area contributed by atoms with Gasteiger partial charge in [-0.25, -0.2) is 9.37 Å². The molecule has 174 valence electrons. The maximum absolute atomic E-state index is 15.2. The quantitative estimate of drug-likeness (QED) is 0.308. The van der Waals surface area contributed by atoms with Crippen molar-refractivity contribution in [1.29, 1.82) is 0 Å². The second kappa shape index (κ2) is 10.4. The third kappa shape index (κ3) is 5.32. The molecule has 2 aromatic carbocycles. The summed E-state index contributed by atoms with van der Waals surface area (Å²) in [5.41, 5.74) is 3.34. The van der Waals surface area contributed by atoms with Gasteiger partial charge >= 0.3 is 0 Å². The lowest BCUT2D eigenvalue weighted by molar-refractivity contribution is 0.394. The molecule has 3 heterocycles. The van der Waals surface area contributed by atoms with E-state index in [-0.39, 0.29) is 11.3 Å². The number of hydrogen-bond acceptors (Lipinski definition) is 3. The monoisotopic (exact) mass is 484 g/mol. The van der Waals surface area contributed by atoms with Crippen LogP contribution < -0.4 is 5.56 Å². The van der Waals surface area contributed by atoms with Crippen LogP contribution in [0.3, 0.4) is 0 Å². The Morgan fingerprint density at radius 3 is 2.49 bits per heavy atom. The van der Waals surface area contributed by atoms with Gasteiger partial charge < -0.3 is 9.13 Å². The molecular weight excluding hydrogens is 463 g/mol. The van der Waals surface area contributed by atoms with E-state index in [1.165, 1.54) is 16.8 Å². The summed E-state index contributed by atoms with van der Waals surface area (Å²) in [4.78, 5) is 20.5. The van der Waals surface area contributed by atoms with E-state index in [1.807, 2.05) is 42.1 Å². The maximum atomic E-state index is 15.2. The zero-order chi connectivity index (χ0) is 24.9. The van der Waals surface area contributed by atoms with E-state index in [9.17, 15) is 4.79 Å². The first-order chi connectivity index (χ1) is 16.9. The van der Waals surface area contributed by atoms with Gasteiger partial charge in [-0.05, 0) is 47.0 Å². The van der Waals surface area contributed by atoms with Gasteiger partial charge in [-0.2, -0.15) is 0 Å². The van der Waals surface area contributed by atoms with E-state index in [4.69, 9.17) is 18.0 Å². The topological polar surface area (TPSA) is 52.7 Å². The molecular formula is C28H22ClFN4O. The molecule has 0 radical (unpaired) electrons. The molecule has 0 N–H and O–H groups in total. The van der Waals surface area contributed by atoms with Crippen molar-refractivity contribution in [2.75, 3.05) is 0 Å². The van der Waals surface area contributed by atoms with Gasteiger partial charge in [-0.3, -0.25) is 9.78 Å². The van der Waals surface area contributed by atoms with Crippen molar-refractivity contribution in [2.24, 2.45) is 14.1 Å². The van der Waals surface area contributed by atoms with E-state index in [1.54, 1.807) is 49.9 Å². The summed E-state index contributed by atoms with van der Waals surface area (Å²) < 4.78 is 18.5. The predicted molar refractivity (Wildman–Crippen MR) is 138 cm³/mol. The molecule has 0 saturated heterocycles. The van der Waals surface area contributed by atoms with Gasteiger partial charge in [-0.1, -0.05) is 41.8 Å². The van der Waals surface area contributed by atoms with Crippen LogP contribution >= 0.6 is 11.6 Å². The third-order valence-electron chi connectivity index (χ3n) is 5.55. The van der Waals surface area contributed by atoms with Crippen LogP contribution in [-0.2, 0) is 14.1 Å². The smallest absolute Gasteiger partial charge is 0.251 e. The first-order valence-corrected chi connectivity index (χ1v) is 11.1. The third-order valence-corrected chi connectivity index (χ3v) is 5.81. The van der Waals surface area contributed by atoms with Gasteiger partial charge in [0.1, 0.15) is 0 Å². The second-order valence-electron chi connectivity index (χ2n) is 7.95.